The van der Waals surface area contributed by atoms with Gasteiger partial charge in [0, 0.05) is 30.6 Å². The van der Waals surface area contributed by atoms with E-state index in [1.807, 2.05) is 16.8 Å². The van der Waals surface area contributed by atoms with Crippen molar-refractivity contribution >= 4 is 28.5 Å². The van der Waals surface area contributed by atoms with Crippen LogP contribution in [0.1, 0.15) is 18.1 Å². The summed E-state index contributed by atoms with van der Waals surface area (Å²) in [6.45, 7) is 1.69. The number of hydrogen-bond donors (Lipinski definition) is 0. The monoisotopic (exact) mass is 367 g/mol. The topological polar surface area (TPSA) is 31.2 Å². The van der Waals surface area contributed by atoms with Crippen LogP contribution in [-0.2, 0) is 17.5 Å². The lowest BCUT2D eigenvalue weighted by Gasteiger charge is -2.11. The maximum Gasteiger partial charge on any atom is 0.417 e. The third kappa shape index (κ3) is 3.79. The van der Waals surface area contributed by atoms with Gasteiger partial charge in [0.15, 0.2) is 0 Å². The molecule has 0 radical (unpaired) electrons. The number of ether oxygens (including phenoxy) is 1. The fourth-order valence-electron chi connectivity index (χ4n) is 2.63. The number of hydrogen-bond acceptors (Lipinski definition) is 2. The minimum atomic E-state index is -4.47. The summed E-state index contributed by atoms with van der Waals surface area (Å²) < 4.78 is 45.2. The first kappa shape index (κ1) is 17.4. The van der Waals surface area contributed by atoms with Crippen LogP contribution in [0.15, 0.2) is 48.7 Å². The molecule has 0 fully saturated rings. The van der Waals surface area contributed by atoms with E-state index in [1.54, 1.807) is 18.2 Å². The summed E-state index contributed by atoms with van der Waals surface area (Å²) in [7, 11) is 0. The van der Waals surface area contributed by atoms with Gasteiger partial charge in [-0.2, -0.15) is 13.2 Å². The zero-order valence-electron chi connectivity index (χ0n) is 13.1. The molecule has 25 heavy (non-hydrogen) atoms. The number of carbonyl (C=O) groups excluding carboxylic acids is 1. The van der Waals surface area contributed by atoms with Gasteiger partial charge in [-0.1, -0.05) is 17.7 Å². The van der Waals surface area contributed by atoms with Crippen LogP contribution >= 0.6 is 11.6 Å². The highest BCUT2D eigenvalue weighted by molar-refractivity contribution is 6.31. The minimum absolute atomic E-state index is 0.321. The average Bonchev–Trinajstić information content (AvgIpc) is 2.87. The predicted octanol–water partition coefficient (Wildman–Crippen LogP) is 5.29. The van der Waals surface area contributed by atoms with Crippen molar-refractivity contribution in [3.05, 3.63) is 64.8 Å². The van der Waals surface area contributed by atoms with Gasteiger partial charge >= 0.3 is 12.1 Å². The normalized spacial score (nSPS) is 11.7. The Kier molecular flexibility index (Phi) is 4.47. The average molecular weight is 368 g/mol. The third-order valence-corrected chi connectivity index (χ3v) is 4.01. The van der Waals surface area contributed by atoms with Crippen LogP contribution in [0.4, 0.5) is 13.2 Å². The van der Waals surface area contributed by atoms with Crippen molar-refractivity contribution in [2.45, 2.75) is 19.6 Å². The Morgan fingerprint density at radius 3 is 2.56 bits per heavy atom. The maximum atomic E-state index is 12.8. The van der Waals surface area contributed by atoms with Gasteiger partial charge in [0.05, 0.1) is 10.6 Å². The van der Waals surface area contributed by atoms with Crippen molar-refractivity contribution < 1.29 is 22.7 Å². The Labute approximate surface area is 146 Å². The van der Waals surface area contributed by atoms with Crippen molar-refractivity contribution in [2.75, 3.05) is 0 Å². The lowest BCUT2D eigenvalue weighted by molar-refractivity contribution is -0.137. The van der Waals surface area contributed by atoms with Crippen LogP contribution < -0.4 is 4.74 Å². The highest BCUT2D eigenvalue weighted by atomic mass is 35.5. The van der Waals surface area contributed by atoms with Gasteiger partial charge in [-0.15, -0.1) is 0 Å². The maximum absolute atomic E-state index is 12.8. The van der Waals surface area contributed by atoms with Crippen LogP contribution in [-0.4, -0.2) is 10.5 Å². The molecular weight excluding hydrogens is 355 g/mol. The molecule has 1 aromatic heterocycles. The SMILES string of the molecule is CC(=O)Oc1ccc2c(ccn2Cc2ccc(C(F)(F)F)c(Cl)c2)c1. The fourth-order valence-corrected chi connectivity index (χ4v) is 2.94. The summed E-state index contributed by atoms with van der Waals surface area (Å²) in [6, 6.07) is 10.7. The summed E-state index contributed by atoms with van der Waals surface area (Å²) in [5, 5.41) is 0.537. The molecule has 3 rings (SSSR count). The number of alkyl halides is 3. The zero-order valence-corrected chi connectivity index (χ0v) is 13.9. The number of halogens is 4. The van der Waals surface area contributed by atoms with Crippen LogP contribution in [0, 0.1) is 0 Å². The molecule has 0 aliphatic heterocycles. The van der Waals surface area contributed by atoms with E-state index in [-0.39, 0.29) is 5.02 Å². The first-order chi connectivity index (χ1) is 11.7. The Bertz CT molecular complexity index is 947. The highest BCUT2D eigenvalue weighted by Gasteiger charge is 2.32. The molecule has 0 atom stereocenters. The van der Waals surface area contributed by atoms with E-state index in [4.69, 9.17) is 16.3 Å². The quantitative estimate of drug-likeness (QED) is 0.465. The number of aromatic nitrogens is 1. The first-order valence-corrected chi connectivity index (χ1v) is 7.75. The van der Waals surface area contributed by atoms with E-state index >= 15 is 0 Å². The molecule has 0 saturated heterocycles. The van der Waals surface area contributed by atoms with Crippen molar-refractivity contribution in [1.82, 2.24) is 4.57 Å². The van der Waals surface area contributed by atoms with E-state index in [1.165, 1.54) is 19.1 Å². The van der Waals surface area contributed by atoms with Crippen LogP contribution in [0.2, 0.25) is 5.02 Å². The Morgan fingerprint density at radius 1 is 1.16 bits per heavy atom. The van der Waals surface area contributed by atoms with Crippen LogP contribution in [0.25, 0.3) is 10.9 Å². The zero-order chi connectivity index (χ0) is 18.2. The molecule has 7 heteroatoms. The standard InChI is InChI=1S/C18H13ClF3NO2/c1-11(24)25-14-3-5-17-13(9-14)6-7-23(17)10-12-2-4-15(16(19)8-12)18(20,21)22/h2-9H,10H2,1H3. The Morgan fingerprint density at radius 2 is 1.92 bits per heavy atom. The molecule has 0 aliphatic rings. The number of esters is 1. The number of rotatable bonds is 3. The number of carbonyl (C=O) groups is 1. The van der Waals surface area contributed by atoms with E-state index in [9.17, 15) is 18.0 Å². The molecule has 0 unspecified atom stereocenters. The van der Waals surface area contributed by atoms with Gasteiger partial charge in [0.25, 0.3) is 0 Å². The molecule has 130 valence electrons. The number of nitrogens with zero attached hydrogens (tertiary/aromatic N) is 1. The van der Waals surface area contributed by atoms with Gasteiger partial charge in [-0.3, -0.25) is 4.79 Å². The van der Waals surface area contributed by atoms with E-state index in [0.717, 1.165) is 17.0 Å². The van der Waals surface area contributed by atoms with E-state index < -0.39 is 17.7 Å². The third-order valence-electron chi connectivity index (χ3n) is 3.70. The molecule has 1 heterocycles. The van der Waals surface area contributed by atoms with E-state index in [2.05, 4.69) is 0 Å². The summed E-state index contributed by atoms with van der Waals surface area (Å²) in [6.07, 6.45) is -2.66. The molecule has 0 aliphatic carbocycles. The second kappa shape index (κ2) is 6.44. The fraction of sp³-hybridized carbons (Fsp3) is 0.167. The van der Waals surface area contributed by atoms with Crippen molar-refractivity contribution in [3.8, 4) is 5.75 Å². The summed E-state index contributed by atoms with van der Waals surface area (Å²) in [5.74, 6) is 0.0357. The molecule has 3 aromatic rings. The molecule has 0 N–H and O–H groups in total. The van der Waals surface area contributed by atoms with Gasteiger partial charge in [-0.05, 0) is 42.0 Å². The summed E-state index contributed by atoms with van der Waals surface area (Å²) in [4.78, 5) is 11.0. The molecule has 3 nitrogen and oxygen atoms in total. The lowest BCUT2D eigenvalue weighted by atomic mass is 10.1. The Hall–Kier alpha value is -2.47. The van der Waals surface area contributed by atoms with Crippen LogP contribution in [0.5, 0.6) is 5.75 Å². The van der Waals surface area contributed by atoms with Gasteiger partial charge in [-0.25, -0.2) is 0 Å². The molecule has 0 amide bonds. The molecule has 0 bridgehead atoms. The molecule has 0 spiro atoms. The number of benzene rings is 2. The highest BCUT2D eigenvalue weighted by Crippen LogP contribution is 2.35. The largest absolute Gasteiger partial charge is 0.427 e. The van der Waals surface area contributed by atoms with E-state index in [0.29, 0.717) is 17.9 Å². The first-order valence-electron chi connectivity index (χ1n) is 7.37. The van der Waals surface area contributed by atoms with Crippen LogP contribution in [0.3, 0.4) is 0 Å². The summed E-state index contributed by atoms with van der Waals surface area (Å²) >= 11 is 5.76. The van der Waals surface area contributed by atoms with Gasteiger partial charge < -0.3 is 9.30 Å². The van der Waals surface area contributed by atoms with Crippen molar-refractivity contribution in [2.24, 2.45) is 0 Å². The molecular formula is C18H13ClF3NO2. The van der Waals surface area contributed by atoms with Gasteiger partial charge in [0.2, 0.25) is 0 Å². The smallest absolute Gasteiger partial charge is 0.417 e. The predicted molar refractivity (Wildman–Crippen MR) is 88.8 cm³/mol. The Balaban J connectivity index is 1.88. The molecule has 0 saturated carbocycles. The van der Waals surface area contributed by atoms with Crippen molar-refractivity contribution in [3.63, 3.8) is 0 Å². The second-order valence-corrected chi connectivity index (χ2v) is 5.98. The number of fused-ring (bicyclic) bond motifs is 1. The lowest BCUT2D eigenvalue weighted by Crippen LogP contribution is -2.07. The summed E-state index contributed by atoms with van der Waals surface area (Å²) in [5.41, 5.74) is 0.674. The van der Waals surface area contributed by atoms with Crippen molar-refractivity contribution in [1.29, 1.82) is 0 Å². The molecule has 2 aromatic carbocycles. The van der Waals surface area contributed by atoms with Gasteiger partial charge in [0.1, 0.15) is 5.75 Å². The minimum Gasteiger partial charge on any atom is -0.427 e. The second-order valence-electron chi connectivity index (χ2n) is 5.57.